The zero-order valence-corrected chi connectivity index (χ0v) is 27.9. The van der Waals surface area contributed by atoms with Crippen LogP contribution in [0.1, 0.15) is 64.7 Å². The van der Waals surface area contributed by atoms with Gasteiger partial charge in [0.2, 0.25) is 0 Å². The highest BCUT2D eigenvalue weighted by Crippen LogP contribution is 2.68. The van der Waals surface area contributed by atoms with E-state index in [1.807, 2.05) is 0 Å². The fourth-order valence-electron chi connectivity index (χ4n) is 4.07. The molecule has 0 aliphatic heterocycles. The third-order valence-electron chi connectivity index (χ3n) is 7.30. The largest absolute Gasteiger partial charge is 0.466 e. The topological polar surface area (TPSA) is 26.3 Å². The van der Waals surface area contributed by atoms with E-state index >= 15 is 0 Å². The lowest BCUT2D eigenvalue weighted by atomic mass is 9.84. The van der Waals surface area contributed by atoms with E-state index in [0.717, 1.165) is 22.6 Å². The van der Waals surface area contributed by atoms with Crippen LogP contribution in [0, 0.1) is 0 Å². The first-order valence-corrected chi connectivity index (χ1v) is 15.4. The Labute approximate surface area is 294 Å². The number of esters is 1. The fourth-order valence-corrected chi connectivity index (χ4v) is 5.06. The highest BCUT2D eigenvalue weighted by molar-refractivity contribution is 14.1. The van der Waals surface area contributed by atoms with Gasteiger partial charge in [-0.25, -0.2) is 0 Å². The third-order valence-corrected chi connectivity index (χ3v) is 8.36. The lowest BCUT2D eigenvalue weighted by Crippen LogP contribution is -2.78. The van der Waals surface area contributed by atoms with Gasteiger partial charge in [0.05, 0.1) is 6.61 Å². The van der Waals surface area contributed by atoms with Crippen molar-refractivity contribution >= 4 is 28.6 Å². The molecule has 1 unspecified atom stereocenters. The van der Waals surface area contributed by atoms with Gasteiger partial charge in [-0.05, 0) is 19.8 Å². The molecule has 2 nitrogen and oxygen atoms in total. The van der Waals surface area contributed by atoms with Crippen LogP contribution in [0.2, 0.25) is 0 Å². The molecule has 0 aromatic carbocycles. The monoisotopic (exact) mass is 958 g/mol. The normalized spacial score (nSPS) is 16.2. The molecule has 0 aliphatic rings. The third kappa shape index (κ3) is 8.73. The summed E-state index contributed by atoms with van der Waals surface area (Å²) in [7, 11) is 0. The van der Waals surface area contributed by atoms with Crippen LogP contribution < -0.4 is 0 Å². The molecule has 0 aromatic heterocycles. The van der Waals surface area contributed by atoms with Crippen molar-refractivity contribution in [2.45, 2.75) is 140 Å². The summed E-state index contributed by atoms with van der Waals surface area (Å²) in [6.07, 6.45) is -10.3. The van der Waals surface area contributed by atoms with Crippen LogP contribution in [-0.4, -0.2) is 87.8 Å². The highest BCUT2D eigenvalue weighted by Gasteiger charge is 2.99. The molecule has 28 heteroatoms. The molecule has 0 spiro atoms. The summed E-state index contributed by atoms with van der Waals surface area (Å²) in [4.78, 5) is 11.2. The van der Waals surface area contributed by atoms with Gasteiger partial charge in [0.25, 0.3) is 0 Å². The fraction of sp³-hybridized carbons (Fsp3) is 0.960. The van der Waals surface area contributed by atoms with Crippen LogP contribution in [0.5, 0.6) is 0 Å². The van der Waals surface area contributed by atoms with E-state index in [9.17, 15) is 115 Å². The number of rotatable bonds is 22. The molecule has 0 saturated carbocycles. The Hall–Kier alpha value is -1.55. The number of halogens is 26. The van der Waals surface area contributed by atoms with Crippen LogP contribution in [0.25, 0.3) is 0 Å². The van der Waals surface area contributed by atoms with Gasteiger partial charge >= 0.3 is 77.3 Å². The van der Waals surface area contributed by atoms with E-state index in [1.54, 1.807) is 0 Å². The van der Waals surface area contributed by atoms with Crippen LogP contribution in [0.4, 0.5) is 110 Å². The summed E-state index contributed by atoms with van der Waals surface area (Å²) in [5, 5.41) is 0. The van der Waals surface area contributed by atoms with Crippen molar-refractivity contribution in [3.63, 3.8) is 0 Å². The molecule has 0 amide bonds. The van der Waals surface area contributed by atoms with E-state index in [0.29, 0.717) is 19.3 Å². The molecule has 0 bridgehead atoms. The Morgan fingerprint density at radius 3 is 1.06 bits per heavy atom. The highest BCUT2D eigenvalue weighted by atomic mass is 127. The van der Waals surface area contributed by atoms with Gasteiger partial charge in [-0.2, -0.15) is 110 Å². The molecule has 318 valence electrons. The maximum atomic E-state index is 14.3. The average Bonchev–Trinajstić information content (AvgIpc) is 2.96. The number of alkyl halides is 26. The van der Waals surface area contributed by atoms with Crippen molar-refractivity contribution in [1.29, 1.82) is 0 Å². The molecule has 1 atom stereocenters. The number of carbonyl (C=O) groups is 1. The molecule has 53 heavy (non-hydrogen) atoms. The lowest BCUT2D eigenvalue weighted by Gasteiger charge is -2.45. The Kier molecular flexibility index (Phi) is 15.7. The number of hydrogen-bond donors (Lipinski definition) is 0. The first-order chi connectivity index (χ1) is 23.1. The zero-order chi connectivity index (χ0) is 42.9. The zero-order valence-electron chi connectivity index (χ0n) is 25.8. The Bertz CT molecular complexity index is 1210. The predicted molar refractivity (Wildman–Crippen MR) is 136 cm³/mol. The molecule has 0 rings (SSSR count). The smallest absolute Gasteiger partial charge is 0.460 e. The Morgan fingerprint density at radius 1 is 0.453 bits per heavy atom. The minimum Gasteiger partial charge on any atom is -0.466 e. The SMILES string of the molecule is CCOC(=O)CCCCCCCCC(I)CC(F)(F)C(F)(F)C(F)(F)C(F)(F)C(F)(F)C(F)(F)C(F)(F)C(F)(F)C(F)(F)C(F)(F)C(F)(F)C(F)(F)F. The summed E-state index contributed by atoms with van der Waals surface area (Å²) in [5.41, 5.74) is 0. The number of hydrogen-bond acceptors (Lipinski definition) is 2. The maximum Gasteiger partial charge on any atom is 0.460 e. The standard InChI is InChI=1S/C25H24F25IO2/c1-2-53-13(52)10-8-6-4-3-5-7-9-12(51)11-14(26,27)15(28,29)16(30,31)17(32,33)18(34,35)19(36,37)20(38,39)21(40,41)22(42,43)23(44,45)24(46,47)25(48,49)50/h12H,2-11H2,1H3. The summed E-state index contributed by atoms with van der Waals surface area (Å²) in [6.45, 7) is 1.64. The molecule has 0 aromatic rings. The minimum absolute atomic E-state index is 0.0246. The summed E-state index contributed by atoms with van der Waals surface area (Å²) >= 11 is 0.814. The molecule has 0 heterocycles. The second-order valence-corrected chi connectivity index (χ2v) is 13.0. The van der Waals surface area contributed by atoms with Gasteiger partial charge in [0, 0.05) is 16.8 Å². The van der Waals surface area contributed by atoms with Crippen molar-refractivity contribution in [3.8, 4) is 0 Å². The van der Waals surface area contributed by atoms with Crippen molar-refractivity contribution < 1.29 is 119 Å². The van der Waals surface area contributed by atoms with Gasteiger partial charge < -0.3 is 4.74 Å². The molecule has 0 fully saturated rings. The number of unbranched alkanes of at least 4 members (excludes halogenated alkanes) is 5. The minimum atomic E-state index is -9.59. The summed E-state index contributed by atoms with van der Waals surface area (Å²) in [5.74, 6) is -98.6. The Balaban J connectivity index is 6.34. The van der Waals surface area contributed by atoms with Crippen molar-refractivity contribution in [1.82, 2.24) is 0 Å². The van der Waals surface area contributed by atoms with E-state index in [4.69, 9.17) is 0 Å². The number of carbonyl (C=O) groups excluding carboxylic acids is 1. The first kappa shape index (κ1) is 51.5. The molecule has 0 radical (unpaired) electrons. The van der Waals surface area contributed by atoms with Gasteiger partial charge in [0.1, 0.15) is 0 Å². The van der Waals surface area contributed by atoms with E-state index in [-0.39, 0.29) is 32.3 Å². The molecule has 0 saturated heterocycles. The van der Waals surface area contributed by atoms with Crippen LogP contribution >= 0.6 is 22.6 Å². The van der Waals surface area contributed by atoms with Crippen LogP contribution in [0.15, 0.2) is 0 Å². The molecule has 0 aliphatic carbocycles. The van der Waals surface area contributed by atoms with Crippen LogP contribution in [0.3, 0.4) is 0 Å². The molecular formula is C25H24F25IO2. The second-order valence-electron chi connectivity index (χ2n) is 11.2. The lowest BCUT2D eigenvalue weighted by molar-refractivity contribution is -0.482. The van der Waals surface area contributed by atoms with Gasteiger partial charge in [-0.3, -0.25) is 4.79 Å². The van der Waals surface area contributed by atoms with Crippen LogP contribution in [-0.2, 0) is 9.53 Å². The van der Waals surface area contributed by atoms with E-state index in [1.165, 1.54) is 6.92 Å². The number of ether oxygens (including phenoxy) is 1. The molecular weight excluding hydrogens is 934 g/mol. The van der Waals surface area contributed by atoms with E-state index < -0.39 is 94.1 Å². The van der Waals surface area contributed by atoms with Crippen molar-refractivity contribution in [2.75, 3.05) is 6.61 Å². The first-order valence-electron chi connectivity index (χ1n) is 14.1. The predicted octanol–water partition coefficient (Wildman–Crippen LogP) is 12.4. The maximum absolute atomic E-state index is 14.3. The molecule has 0 N–H and O–H groups in total. The van der Waals surface area contributed by atoms with Crippen molar-refractivity contribution in [2.24, 2.45) is 0 Å². The Morgan fingerprint density at radius 2 is 0.736 bits per heavy atom. The van der Waals surface area contributed by atoms with Crippen molar-refractivity contribution in [3.05, 3.63) is 0 Å². The summed E-state index contributed by atoms with van der Waals surface area (Å²) < 4.78 is 343. The average molecular weight is 958 g/mol. The van der Waals surface area contributed by atoms with Gasteiger partial charge in [0.15, 0.2) is 0 Å². The summed E-state index contributed by atoms with van der Waals surface area (Å²) in [6, 6.07) is 0. The van der Waals surface area contributed by atoms with Gasteiger partial charge in [-0.1, -0.05) is 54.7 Å². The van der Waals surface area contributed by atoms with Gasteiger partial charge in [-0.15, -0.1) is 0 Å². The quantitative estimate of drug-likeness (QED) is 0.0355. The van der Waals surface area contributed by atoms with E-state index in [2.05, 4.69) is 4.74 Å². The second kappa shape index (κ2) is 16.1.